The van der Waals surface area contributed by atoms with Crippen LogP contribution in [-0.2, 0) is 10.0 Å². The number of aryl methyl sites for hydroxylation is 1. The van der Waals surface area contributed by atoms with Crippen LogP contribution in [0.4, 0.5) is 0 Å². The van der Waals surface area contributed by atoms with Crippen molar-refractivity contribution in [3.63, 3.8) is 0 Å². The summed E-state index contributed by atoms with van der Waals surface area (Å²) in [4.78, 5) is 18.6. The molecule has 4 aromatic rings. The Balaban J connectivity index is 1.79. The Labute approximate surface area is 206 Å². The molecular formula is C25H24BrN3O4S. The van der Waals surface area contributed by atoms with Crippen molar-refractivity contribution in [1.82, 2.24) is 13.9 Å². The van der Waals surface area contributed by atoms with Crippen LogP contribution < -0.4 is 0 Å². The highest BCUT2D eigenvalue weighted by Crippen LogP contribution is 2.34. The van der Waals surface area contributed by atoms with Gasteiger partial charge in [-0.05, 0) is 65.7 Å². The number of hydrogen-bond acceptors (Lipinski definition) is 5. The van der Waals surface area contributed by atoms with Crippen LogP contribution in [0.25, 0.3) is 22.2 Å². The summed E-state index contributed by atoms with van der Waals surface area (Å²) in [5, 5.41) is 10.2. The van der Waals surface area contributed by atoms with Crippen LogP contribution in [0.3, 0.4) is 0 Å². The standard InChI is InChI=1S/C25H24BrN3O4S/c1-16-4-10-21(11-5-16)34(32,33)29-15-23(22-12-20(26)13-27-24(22)29)18-6-8-19(9-7-18)25(31)28(3)14-17(2)30/h4-13,15,17,30H,14H2,1-3H3/t17-/m1/s1. The largest absolute Gasteiger partial charge is 0.392 e. The van der Waals surface area contributed by atoms with Crippen LogP contribution >= 0.6 is 15.9 Å². The van der Waals surface area contributed by atoms with E-state index in [1.807, 2.05) is 13.0 Å². The molecule has 0 unspecified atom stereocenters. The molecule has 0 spiro atoms. The normalized spacial score (nSPS) is 12.6. The summed E-state index contributed by atoms with van der Waals surface area (Å²) < 4.78 is 28.8. The highest BCUT2D eigenvalue weighted by molar-refractivity contribution is 9.10. The molecule has 0 aliphatic heterocycles. The van der Waals surface area contributed by atoms with Crippen LogP contribution in [0.15, 0.2) is 76.4 Å². The van der Waals surface area contributed by atoms with Gasteiger partial charge in [0.15, 0.2) is 5.65 Å². The van der Waals surface area contributed by atoms with Crippen LogP contribution in [0, 0.1) is 6.92 Å². The monoisotopic (exact) mass is 541 g/mol. The first-order valence-corrected chi connectivity index (χ1v) is 12.8. The second-order valence-corrected chi connectivity index (χ2v) is 11.0. The highest BCUT2D eigenvalue weighted by atomic mass is 79.9. The highest BCUT2D eigenvalue weighted by Gasteiger charge is 2.23. The van der Waals surface area contributed by atoms with Gasteiger partial charge in [0, 0.05) is 47.0 Å². The Kier molecular flexibility index (Phi) is 6.62. The second-order valence-electron chi connectivity index (χ2n) is 8.29. The number of fused-ring (bicyclic) bond motifs is 1. The number of pyridine rings is 1. The van der Waals surface area contributed by atoms with Crippen molar-refractivity contribution in [3.8, 4) is 11.1 Å². The van der Waals surface area contributed by atoms with E-state index in [0.29, 0.717) is 22.2 Å². The van der Waals surface area contributed by atoms with Crippen LogP contribution in [0.5, 0.6) is 0 Å². The molecule has 34 heavy (non-hydrogen) atoms. The van der Waals surface area contributed by atoms with Crippen LogP contribution in [-0.4, -0.2) is 53.0 Å². The van der Waals surface area contributed by atoms with Crippen molar-refractivity contribution in [1.29, 1.82) is 0 Å². The van der Waals surface area contributed by atoms with E-state index in [-0.39, 0.29) is 17.3 Å². The third-order valence-corrected chi connectivity index (χ3v) is 7.58. The maximum Gasteiger partial charge on any atom is 0.269 e. The van der Waals surface area contributed by atoms with Gasteiger partial charge >= 0.3 is 0 Å². The first-order valence-electron chi connectivity index (χ1n) is 10.6. The van der Waals surface area contributed by atoms with Gasteiger partial charge in [0.2, 0.25) is 0 Å². The molecule has 0 fully saturated rings. The number of nitrogens with zero attached hydrogens (tertiary/aromatic N) is 3. The van der Waals surface area contributed by atoms with E-state index in [4.69, 9.17) is 0 Å². The molecule has 1 atom stereocenters. The Morgan fingerprint density at radius 1 is 1.15 bits per heavy atom. The smallest absolute Gasteiger partial charge is 0.269 e. The summed E-state index contributed by atoms with van der Waals surface area (Å²) in [5.74, 6) is -0.207. The van der Waals surface area contributed by atoms with E-state index in [1.54, 1.807) is 74.9 Å². The van der Waals surface area contributed by atoms with E-state index in [0.717, 1.165) is 15.6 Å². The quantitative estimate of drug-likeness (QED) is 0.389. The molecule has 0 aliphatic carbocycles. The lowest BCUT2D eigenvalue weighted by Gasteiger charge is -2.18. The minimum absolute atomic E-state index is 0.174. The third kappa shape index (κ3) is 4.64. The molecule has 7 nitrogen and oxygen atoms in total. The molecular weight excluding hydrogens is 518 g/mol. The molecule has 2 aromatic heterocycles. The fraction of sp³-hybridized carbons (Fsp3) is 0.200. The van der Waals surface area contributed by atoms with Crippen LogP contribution in [0.1, 0.15) is 22.8 Å². The van der Waals surface area contributed by atoms with Crippen molar-refractivity contribution in [2.75, 3.05) is 13.6 Å². The maximum atomic E-state index is 13.4. The minimum Gasteiger partial charge on any atom is -0.392 e. The summed E-state index contributed by atoms with van der Waals surface area (Å²) in [7, 11) is -2.24. The summed E-state index contributed by atoms with van der Waals surface area (Å²) in [6.45, 7) is 3.75. The molecule has 2 aromatic carbocycles. The molecule has 4 rings (SSSR count). The number of carbonyl (C=O) groups is 1. The van der Waals surface area contributed by atoms with Crippen molar-refractivity contribution in [3.05, 3.63) is 82.6 Å². The predicted octanol–water partition coefficient (Wildman–Crippen LogP) is 4.46. The molecule has 176 valence electrons. The topological polar surface area (TPSA) is 92.5 Å². The number of benzene rings is 2. The predicted molar refractivity (Wildman–Crippen MR) is 135 cm³/mol. The number of amides is 1. The molecule has 9 heteroatoms. The van der Waals surface area contributed by atoms with E-state index in [9.17, 15) is 18.3 Å². The summed E-state index contributed by atoms with van der Waals surface area (Å²) >= 11 is 3.43. The lowest BCUT2D eigenvalue weighted by Crippen LogP contribution is -2.32. The summed E-state index contributed by atoms with van der Waals surface area (Å²) in [6.07, 6.45) is 2.50. The zero-order valence-corrected chi connectivity index (χ0v) is 21.3. The third-order valence-electron chi connectivity index (χ3n) is 5.48. The zero-order chi connectivity index (χ0) is 24.6. The van der Waals surface area contributed by atoms with Gasteiger partial charge in [-0.3, -0.25) is 4.79 Å². The minimum atomic E-state index is -3.87. The Morgan fingerprint density at radius 3 is 2.41 bits per heavy atom. The first kappa shape index (κ1) is 24.1. The maximum absolute atomic E-state index is 13.4. The van der Waals surface area contributed by atoms with Gasteiger partial charge in [-0.25, -0.2) is 17.4 Å². The average molecular weight is 542 g/mol. The molecule has 0 saturated carbocycles. The number of aromatic nitrogens is 2. The number of likely N-dealkylation sites (N-methyl/N-ethyl adjacent to an activating group) is 1. The molecule has 1 N–H and O–H groups in total. The van der Waals surface area contributed by atoms with Gasteiger partial charge in [-0.2, -0.15) is 0 Å². The zero-order valence-electron chi connectivity index (χ0n) is 18.9. The van der Waals surface area contributed by atoms with Gasteiger partial charge in [-0.1, -0.05) is 29.8 Å². The number of aliphatic hydroxyl groups excluding tert-OH is 1. The molecule has 2 heterocycles. The molecule has 0 aliphatic rings. The van der Waals surface area contributed by atoms with Crippen molar-refractivity contribution in [2.24, 2.45) is 0 Å². The SMILES string of the molecule is Cc1ccc(S(=O)(=O)n2cc(-c3ccc(C(=O)N(C)C[C@@H](C)O)cc3)c3cc(Br)cnc32)cc1. The molecule has 1 amide bonds. The van der Waals surface area contributed by atoms with E-state index >= 15 is 0 Å². The first-order chi connectivity index (χ1) is 16.1. The average Bonchev–Trinajstić information content (AvgIpc) is 3.18. The van der Waals surface area contributed by atoms with E-state index in [1.165, 1.54) is 8.87 Å². The fourth-order valence-electron chi connectivity index (χ4n) is 3.78. The van der Waals surface area contributed by atoms with E-state index in [2.05, 4.69) is 20.9 Å². The van der Waals surface area contributed by atoms with Gasteiger partial charge in [0.1, 0.15) is 0 Å². The van der Waals surface area contributed by atoms with Crippen molar-refractivity contribution >= 4 is 42.9 Å². The van der Waals surface area contributed by atoms with Gasteiger partial charge in [-0.15, -0.1) is 0 Å². The Morgan fingerprint density at radius 2 is 1.79 bits per heavy atom. The van der Waals surface area contributed by atoms with E-state index < -0.39 is 16.1 Å². The second kappa shape index (κ2) is 9.32. The number of halogens is 1. The number of rotatable bonds is 6. The van der Waals surface area contributed by atoms with Crippen molar-refractivity contribution in [2.45, 2.75) is 24.8 Å². The van der Waals surface area contributed by atoms with Gasteiger partial charge < -0.3 is 10.0 Å². The van der Waals surface area contributed by atoms with Gasteiger partial charge in [0.05, 0.1) is 11.0 Å². The molecule has 0 radical (unpaired) electrons. The lowest BCUT2D eigenvalue weighted by atomic mass is 10.0. The van der Waals surface area contributed by atoms with Crippen molar-refractivity contribution < 1.29 is 18.3 Å². The summed E-state index contributed by atoms with van der Waals surface area (Å²) in [5.41, 5.74) is 3.18. The number of aliphatic hydroxyl groups is 1. The number of carbonyl (C=O) groups excluding carboxylic acids is 1. The van der Waals surface area contributed by atoms with Gasteiger partial charge in [0.25, 0.3) is 15.9 Å². The Bertz CT molecular complexity index is 1460. The summed E-state index contributed by atoms with van der Waals surface area (Å²) in [6, 6.07) is 15.5. The van der Waals surface area contributed by atoms with Crippen LogP contribution in [0.2, 0.25) is 0 Å². The molecule has 0 bridgehead atoms. The Hall–Kier alpha value is -3.01. The lowest BCUT2D eigenvalue weighted by molar-refractivity contribution is 0.0703. The molecule has 0 saturated heterocycles. The fourth-order valence-corrected chi connectivity index (χ4v) is 5.44. The number of hydrogen-bond donors (Lipinski definition) is 1.